The van der Waals surface area contributed by atoms with Crippen LogP contribution in [0, 0.1) is 5.92 Å². The zero-order valence-corrected chi connectivity index (χ0v) is 11.8. The lowest BCUT2D eigenvalue weighted by Gasteiger charge is -2.12. The predicted octanol–water partition coefficient (Wildman–Crippen LogP) is 2.33. The minimum atomic E-state index is -0.439. The summed E-state index contributed by atoms with van der Waals surface area (Å²) < 4.78 is 0. The molecule has 0 saturated heterocycles. The maximum absolute atomic E-state index is 11.9. The Labute approximate surface area is 112 Å². The van der Waals surface area contributed by atoms with E-state index in [9.17, 15) is 4.79 Å². The highest BCUT2D eigenvalue weighted by Crippen LogP contribution is 2.29. The summed E-state index contributed by atoms with van der Waals surface area (Å²) in [5, 5.41) is 3.56. The van der Waals surface area contributed by atoms with Gasteiger partial charge in [0.05, 0.1) is 11.7 Å². The highest BCUT2D eigenvalue weighted by atomic mass is 32.1. The van der Waals surface area contributed by atoms with Crippen molar-refractivity contribution in [3.63, 3.8) is 0 Å². The molecule has 0 spiro atoms. The van der Waals surface area contributed by atoms with Crippen LogP contribution in [0.1, 0.15) is 43.7 Å². The number of carbonyl (C=O) groups excluding carboxylic acids is 1. The van der Waals surface area contributed by atoms with Gasteiger partial charge in [0.2, 0.25) is 5.91 Å². The van der Waals surface area contributed by atoms with E-state index in [1.807, 2.05) is 0 Å². The van der Waals surface area contributed by atoms with E-state index >= 15 is 0 Å². The molecule has 0 fully saturated rings. The van der Waals surface area contributed by atoms with Crippen LogP contribution in [0.2, 0.25) is 0 Å². The number of nitrogens with one attached hydrogen (secondary N) is 1. The van der Waals surface area contributed by atoms with Gasteiger partial charge in [0.25, 0.3) is 0 Å². The van der Waals surface area contributed by atoms with Crippen molar-refractivity contribution in [1.29, 1.82) is 0 Å². The van der Waals surface area contributed by atoms with Crippen molar-refractivity contribution < 1.29 is 4.79 Å². The van der Waals surface area contributed by atoms with Crippen molar-refractivity contribution in [1.82, 2.24) is 4.98 Å². The Balaban J connectivity index is 1.96. The van der Waals surface area contributed by atoms with Crippen molar-refractivity contribution in [2.45, 2.75) is 52.0 Å². The Morgan fingerprint density at radius 2 is 2.17 bits per heavy atom. The zero-order valence-electron chi connectivity index (χ0n) is 11.0. The summed E-state index contributed by atoms with van der Waals surface area (Å²) in [7, 11) is 0. The van der Waals surface area contributed by atoms with Crippen LogP contribution in [0.4, 0.5) is 5.13 Å². The number of aryl methyl sites for hydroxylation is 2. The molecule has 18 heavy (non-hydrogen) atoms. The average Bonchev–Trinajstić information content (AvgIpc) is 2.69. The van der Waals surface area contributed by atoms with E-state index in [4.69, 9.17) is 5.73 Å². The number of aromatic nitrogens is 1. The summed E-state index contributed by atoms with van der Waals surface area (Å²) in [6.45, 7) is 4.13. The van der Waals surface area contributed by atoms with Crippen LogP contribution in [0.3, 0.4) is 0 Å². The van der Waals surface area contributed by atoms with Gasteiger partial charge in [0.1, 0.15) is 0 Å². The molecule has 1 aromatic rings. The van der Waals surface area contributed by atoms with Crippen LogP contribution in [-0.2, 0) is 17.6 Å². The summed E-state index contributed by atoms with van der Waals surface area (Å²) in [5.74, 6) is 0.310. The van der Waals surface area contributed by atoms with Crippen LogP contribution >= 0.6 is 11.3 Å². The fraction of sp³-hybridized carbons (Fsp3) is 0.692. The minimum Gasteiger partial charge on any atom is -0.320 e. The first kappa shape index (κ1) is 13.5. The van der Waals surface area contributed by atoms with Gasteiger partial charge in [-0.1, -0.05) is 13.8 Å². The van der Waals surface area contributed by atoms with Gasteiger partial charge in [-0.2, -0.15) is 0 Å². The van der Waals surface area contributed by atoms with Gasteiger partial charge in [-0.05, 0) is 38.0 Å². The van der Waals surface area contributed by atoms with Gasteiger partial charge in [-0.3, -0.25) is 4.79 Å². The van der Waals surface area contributed by atoms with E-state index < -0.39 is 6.04 Å². The van der Waals surface area contributed by atoms with Gasteiger partial charge >= 0.3 is 0 Å². The Morgan fingerprint density at radius 1 is 1.44 bits per heavy atom. The molecule has 4 nitrogen and oxygen atoms in total. The maximum Gasteiger partial charge on any atom is 0.243 e. The normalized spacial score (nSPS) is 16.4. The number of amides is 1. The minimum absolute atomic E-state index is 0.116. The van der Waals surface area contributed by atoms with Crippen LogP contribution in [-0.4, -0.2) is 16.9 Å². The third kappa shape index (κ3) is 3.29. The van der Waals surface area contributed by atoms with Crippen molar-refractivity contribution >= 4 is 22.4 Å². The highest BCUT2D eigenvalue weighted by molar-refractivity contribution is 7.15. The Morgan fingerprint density at radius 3 is 2.83 bits per heavy atom. The van der Waals surface area contributed by atoms with E-state index in [0.717, 1.165) is 12.8 Å². The second-order valence-corrected chi connectivity index (χ2v) is 6.40. The lowest BCUT2D eigenvalue weighted by Crippen LogP contribution is -2.36. The highest BCUT2D eigenvalue weighted by Gasteiger charge is 2.19. The number of rotatable bonds is 4. The molecule has 2 rings (SSSR count). The predicted molar refractivity (Wildman–Crippen MR) is 74.8 cm³/mol. The van der Waals surface area contributed by atoms with E-state index in [1.165, 1.54) is 23.4 Å². The molecule has 0 aliphatic heterocycles. The van der Waals surface area contributed by atoms with E-state index in [-0.39, 0.29) is 5.91 Å². The first-order valence-electron chi connectivity index (χ1n) is 6.61. The van der Waals surface area contributed by atoms with Crippen LogP contribution in [0.15, 0.2) is 0 Å². The lowest BCUT2D eigenvalue weighted by molar-refractivity contribution is -0.117. The number of thiazole rings is 1. The number of fused-ring (bicyclic) bond motifs is 1. The summed E-state index contributed by atoms with van der Waals surface area (Å²) in [6, 6.07) is -0.439. The number of anilines is 1. The van der Waals surface area contributed by atoms with Crippen LogP contribution in [0.5, 0.6) is 0 Å². The largest absolute Gasteiger partial charge is 0.320 e. The smallest absolute Gasteiger partial charge is 0.243 e. The van der Waals surface area contributed by atoms with Gasteiger partial charge in [0.15, 0.2) is 5.13 Å². The molecule has 5 heteroatoms. The van der Waals surface area contributed by atoms with Crippen molar-refractivity contribution in [2.24, 2.45) is 11.7 Å². The van der Waals surface area contributed by atoms with Crippen molar-refractivity contribution in [3.8, 4) is 0 Å². The lowest BCUT2D eigenvalue weighted by atomic mass is 10.0. The van der Waals surface area contributed by atoms with Gasteiger partial charge < -0.3 is 11.1 Å². The number of hydrogen-bond donors (Lipinski definition) is 2. The summed E-state index contributed by atoms with van der Waals surface area (Å²) in [5.41, 5.74) is 7.02. The summed E-state index contributed by atoms with van der Waals surface area (Å²) in [6.07, 6.45) is 5.28. The Bertz CT molecular complexity index is 404. The molecule has 1 heterocycles. The SMILES string of the molecule is CC(C)C[C@H](N)C(=O)Nc1nc2c(s1)CCCC2. The fourth-order valence-corrected chi connectivity index (χ4v) is 3.27. The average molecular weight is 267 g/mol. The molecule has 0 unspecified atom stereocenters. The molecule has 0 bridgehead atoms. The number of nitrogens with zero attached hydrogens (tertiary/aromatic N) is 1. The molecule has 1 aromatic heterocycles. The van der Waals surface area contributed by atoms with E-state index in [1.54, 1.807) is 11.3 Å². The Hall–Kier alpha value is -0.940. The second kappa shape index (κ2) is 5.80. The molecule has 3 N–H and O–H groups in total. The molecular weight excluding hydrogens is 246 g/mol. The molecule has 0 radical (unpaired) electrons. The van der Waals surface area contributed by atoms with E-state index in [2.05, 4.69) is 24.1 Å². The number of nitrogens with two attached hydrogens (primary N) is 1. The Kier molecular flexibility index (Phi) is 4.35. The third-order valence-corrected chi connectivity index (χ3v) is 4.21. The van der Waals surface area contributed by atoms with Gasteiger partial charge in [-0.15, -0.1) is 11.3 Å². The molecule has 1 atom stereocenters. The van der Waals surface area contributed by atoms with Crippen molar-refractivity contribution in [3.05, 3.63) is 10.6 Å². The standard InChI is InChI=1S/C13H21N3OS/c1-8(2)7-9(14)12(17)16-13-15-10-5-3-4-6-11(10)18-13/h8-9H,3-7,14H2,1-2H3,(H,15,16,17)/t9-/m0/s1. The van der Waals surface area contributed by atoms with Gasteiger partial charge in [0, 0.05) is 4.88 Å². The van der Waals surface area contributed by atoms with Crippen LogP contribution < -0.4 is 11.1 Å². The van der Waals surface area contributed by atoms with Gasteiger partial charge in [-0.25, -0.2) is 4.98 Å². The summed E-state index contributed by atoms with van der Waals surface area (Å²) >= 11 is 1.60. The molecule has 0 saturated carbocycles. The molecule has 0 aromatic carbocycles. The fourth-order valence-electron chi connectivity index (χ4n) is 2.22. The second-order valence-electron chi connectivity index (χ2n) is 5.32. The molecule has 1 aliphatic rings. The third-order valence-electron chi connectivity index (χ3n) is 3.14. The zero-order chi connectivity index (χ0) is 13.1. The maximum atomic E-state index is 11.9. The van der Waals surface area contributed by atoms with Crippen molar-refractivity contribution in [2.75, 3.05) is 5.32 Å². The van der Waals surface area contributed by atoms with E-state index in [0.29, 0.717) is 17.5 Å². The quantitative estimate of drug-likeness (QED) is 0.879. The number of hydrogen-bond acceptors (Lipinski definition) is 4. The molecule has 1 aliphatic carbocycles. The molecule has 1 amide bonds. The summed E-state index contributed by atoms with van der Waals surface area (Å²) in [4.78, 5) is 17.7. The monoisotopic (exact) mass is 267 g/mol. The topological polar surface area (TPSA) is 68.0 Å². The first-order valence-corrected chi connectivity index (χ1v) is 7.43. The van der Waals surface area contributed by atoms with Crippen LogP contribution in [0.25, 0.3) is 0 Å². The first-order chi connectivity index (χ1) is 8.56. The number of carbonyl (C=O) groups is 1. The molecular formula is C13H21N3OS. The molecule has 100 valence electrons.